The van der Waals surface area contributed by atoms with E-state index in [1.165, 1.54) is 0 Å². The Bertz CT molecular complexity index is 1240. The van der Waals surface area contributed by atoms with Crippen molar-refractivity contribution in [2.24, 2.45) is 0 Å². The standard InChI is InChI=1S/C22H30O4/c1-16-9-11-20(13-17(16)2)26-15-19(23)8-6-5-7-18-10-12-21(24-3)22(14-18)25-4/h9-14,19,23H,5-8,15H2,1-4H3/i4D3,5D2,7D2,9D,10D,11D,12D,13D,14D,19D. The molecular formula is C22H30O4. The maximum Gasteiger partial charge on any atom is 0.160 e. The topological polar surface area (TPSA) is 47.9 Å². The monoisotopic (exact) mass is 372 g/mol. The summed E-state index contributed by atoms with van der Waals surface area (Å²) < 4.78 is 127. The van der Waals surface area contributed by atoms with Gasteiger partial charge in [-0.2, -0.15) is 0 Å². The molecule has 0 aliphatic carbocycles. The summed E-state index contributed by atoms with van der Waals surface area (Å²) in [5.41, 5.74) is -0.229. The van der Waals surface area contributed by atoms with Gasteiger partial charge in [0.1, 0.15) is 12.4 Å². The molecule has 0 amide bonds. The second-order valence-corrected chi connectivity index (χ2v) is 5.33. The first kappa shape index (κ1) is 8.22. The summed E-state index contributed by atoms with van der Waals surface area (Å²) in [5.74, 6) is -1.84. The first-order chi connectivity index (χ1) is 18.0. The molecule has 0 aliphatic heterocycles. The predicted octanol–water partition coefficient (Wildman–Crippen LogP) is 4.47. The van der Waals surface area contributed by atoms with Gasteiger partial charge in [0.15, 0.2) is 11.5 Å². The summed E-state index contributed by atoms with van der Waals surface area (Å²) >= 11 is 0. The SMILES string of the molecule is [2H]c1c([2H])c(OCC([2H])(O)CCC([2H])([2H])C([2H])([2H])c2c([2H])c([2H])c(OC)c(OC([2H])([2H])[2H])c2[2H])c([2H])c(C)c1C. The van der Waals surface area contributed by atoms with Crippen LogP contribution in [0.4, 0.5) is 0 Å². The van der Waals surface area contributed by atoms with Crippen LogP contribution in [0.5, 0.6) is 17.2 Å². The minimum Gasteiger partial charge on any atom is -0.493 e. The molecule has 2 aromatic rings. The van der Waals surface area contributed by atoms with Gasteiger partial charge in [-0.1, -0.05) is 18.5 Å². The van der Waals surface area contributed by atoms with Crippen LogP contribution in [-0.4, -0.2) is 31.9 Å². The Hall–Kier alpha value is -2.20. The lowest BCUT2D eigenvalue weighted by atomic mass is 10.0. The van der Waals surface area contributed by atoms with Crippen LogP contribution < -0.4 is 14.2 Å². The zero-order valence-electron chi connectivity index (χ0n) is 28.8. The molecule has 0 saturated carbocycles. The number of hydrogen-bond acceptors (Lipinski definition) is 4. The predicted molar refractivity (Wildman–Crippen MR) is 105 cm³/mol. The Morgan fingerprint density at radius 2 is 2.00 bits per heavy atom. The van der Waals surface area contributed by atoms with Crippen LogP contribution in [0, 0.1) is 13.8 Å². The molecule has 1 N–H and O–H groups in total. The van der Waals surface area contributed by atoms with E-state index in [0.29, 0.717) is 11.1 Å². The lowest BCUT2D eigenvalue weighted by molar-refractivity contribution is 0.0976. The van der Waals surface area contributed by atoms with Gasteiger partial charge in [-0.25, -0.2) is 0 Å². The third-order valence-electron chi connectivity index (χ3n) is 3.41. The maximum absolute atomic E-state index is 10.5. The molecule has 4 heteroatoms. The van der Waals surface area contributed by atoms with Crippen LogP contribution in [-0.2, 0) is 6.37 Å². The van der Waals surface area contributed by atoms with E-state index < -0.39 is 86.5 Å². The number of ether oxygens (including phenoxy) is 3. The van der Waals surface area contributed by atoms with Crippen molar-refractivity contribution in [3.63, 3.8) is 0 Å². The first-order valence-corrected chi connectivity index (χ1v) is 7.80. The van der Waals surface area contributed by atoms with E-state index in [-0.39, 0.29) is 17.8 Å². The Morgan fingerprint density at radius 1 is 1.15 bits per heavy atom. The molecule has 1 atom stereocenters. The van der Waals surface area contributed by atoms with Gasteiger partial charge in [-0.15, -0.1) is 0 Å². The summed E-state index contributed by atoms with van der Waals surface area (Å²) in [4.78, 5) is 0. The van der Waals surface area contributed by atoms with Crippen LogP contribution in [0.15, 0.2) is 36.3 Å². The molecule has 0 heterocycles. The van der Waals surface area contributed by atoms with Gasteiger partial charge in [-0.05, 0) is 73.9 Å². The Balaban J connectivity index is 2.39. The van der Waals surface area contributed by atoms with Gasteiger partial charge in [-0.3, -0.25) is 0 Å². The second-order valence-electron chi connectivity index (χ2n) is 5.33. The van der Waals surface area contributed by atoms with E-state index in [9.17, 15) is 5.11 Å². The minimum atomic E-state index is -3.22. The Labute approximate surface area is 176 Å². The number of hydrogen-bond donors (Lipinski definition) is 1. The fourth-order valence-electron chi connectivity index (χ4n) is 1.85. The highest BCUT2D eigenvalue weighted by Gasteiger charge is 2.07. The van der Waals surface area contributed by atoms with E-state index >= 15 is 0 Å². The van der Waals surface area contributed by atoms with Crippen molar-refractivity contribution in [3.8, 4) is 17.2 Å². The first-order valence-electron chi connectivity index (χ1n) is 14.8. The lowest BCUT2D eigenvalue weighted by Crippen LogP contribution is -2.17. The molecular weight excluding hydrogens is 328 g/mol. The zero-order chi connectivity index (χ0) is 31.2. The quantitative estimate of drug-likeness (QED) is 0.668. The van der Waals surface area contributed by atoms with Crippen LogP contribution in [0.1, 0.15) is 55.1 Å². The summed E-state index contributed by atoms with van der Waals surface area (Å²) in [5, 5.41) is 10.5. The molecule has 0 saturated heterocycles. The smallest absolute Gasteiger partial charge is 0.160 e. The fraction of sp³-hybridized carbons (Fsp3) is 0.455. The van der Waals surface area contributed by atoms with Crippen LogP contribution >= 0.6 is 0 Å². The van der Waals surface area contributed by atoms with Gasteiger partial charge >= 0.3 is 0 Å². The Kier molecular flexibility index (Phi) is 3.18. The van der Waals surface area contributed by atoms with Crippen LogP contribution in [0.3, 0.4) is 0 Å². The lowest BCUT2D eigenvalue weighted by Gasteiger charge is -2.13. The van der Waals surface area contributed by atoms with Gasteiger partial charge in [0.2, 0.25) is 0 Å². The molecule has 2 aromatic carbocycles. The van der Waals surface area contributed by atoms with Crippen LogP contribution in [0.2, 0.25) is 0 Å². The van der Waals surface area contributed by atoms with Gasteiger partial charge in [0.05, 0.1) is 33.9 Å². The number of rotatable bonds is 10. The summed E-state index contributed by atoms with van der Waals surface area (Å²) in [6, 6.07) is -3.63. The zero-order valence-corrected chi connectivity index (χ0v) is 14.8. The summed E-state index contributed by atoms with van der Waals surface area (Å²) in [6.07, 6.45) is -10.4. The van der Waals surface area contributed by atoms with Crippen molar-refractivity contribution in [3.05, 3.63) is 52.9 Å². The minimum absolute atomic E-state index is 0.200. The van der Waals surface area contributed by atoms with Crippen molar-refractivity contribution in [2.45, 2.75) is 45.5 Å². The van der Waals surface area contributed by atoms with E-state index in [2.05, 4.69) is 0 Å². The van der Waals surface area contributed by atoms with Gasteiger partial charge in [0, 0.05) is 5.48 Å². The third-order valence-corrected chi connectivity index (χ3v) is 3.41. The molecule has 0 radical (unpaired) electrons. The average Bonchev–Trinajstić information content (AvgIpc) is 2.83. The van der Waals surface area contributed by atoms with Gasteiger partial charge in [0.25, 0.3) is 0 Å². The molecule has 142 valence electrons. The molecule has 2 rings (SSSR count). The molecule has 26 heavy (non-hydrogen) atoms. The van der Waals surface area contributed by atoms with E-state index in [0.717, 1.165) is 7.11 Å². The highest BCUT2D eigenvalue weighted by Crippen LogP contribution is 2.28. The fourth-order valence-corrected chi connectivity index (χ4v) is 1.85. The Morgan fingerprint density at radius 3 is 2.77 bits per heavy atom. The van der Waals surface area contributed by atoms with Crippen molar-refractivity contribution < 1.29 is 38.5 Å². The highest BCUT2D eigenvalue weighted by atomic mass is 16.5. The molecule has 0 spiro atoms. The number of aliphatic hydroxyl groups is 1. The number of methoxy groups -OCH3 is 2. The van der Waals surface area contributed by atoms with E-state index in [1.807, 2.05) is 0 Å². The van der Waals surface area contributed by atoms with E-state index in [4.69, 9.17) is 33.4 Å². The molecule has 0 bridgehead atoms. The molecule has 0 fully saturated rings. The third kappa shape index (κ3) is 5.95. The summed E-state index contributed by atoms with van der Waals surface area (Å²) in [6.45, 7) is 2.25. The van der Waals surface area contributed by atoms with Crippen LogP contribution in [0.25, 0.3) is 0 Å². The van der Waals surface area contributed by atoms with Gasteiger partial charge < -0.3 is 19.3 Å². The molecule has 0 aromatic heterocycles. The van der Waals surface area contributed by atoms with Crippen molar-refractivity contribution in [1.29, 1.82) is 0 Å². The normalized spacial score (nSPS) is 22.5. The second kappa shape index (κ2) is 10.1. The highest BCUT2D eigenvalue weighted by molar-refractivity contribution is 5.42. The molecule has 0 aliphatic rings. The molecule has 4 nitrogen and oxygen atoms in total. The van der Waals surface area contributed by atoms with E-state index in [1.54, 1.807) is 13.8 Å². The van der Waals surface area contributed by atoms with Crippen molar-refractivity contribution in [2.75, 3.05) is 20.8 Å². The number of benzene rings is 2. The average molecular weight is 373 g/mol. The maximum atomic E-state index is 10.5. The largest absolute Gasteiger partial charge is 0.493 e. The molecule has 1 unspecified atom stereocenters. The van der Waals surface area contributed by atoms with Crippen molar-refractivity contribution in [1.82, 2.24) is 0 Å². The van der Waals surface area contributed by atoms with Crippen molar-refractivity contribution >= 4 is 0 Å². The summed E-state index contributed by atoms with van der Waals surface area (Å²) in [7, 11) is -2.11.